The van der Waals surface area contributed by atoms with E-state index in [9.17, 15) is 0 Å². The molecule has 244 valence electrons. The molecule has 0 spiro atoms. The van der Waals surface area contributed by atoms with E-state index in [-0.39, 0.29) is 6.04 Å². The van der Waals surface area contributed by atoms with Gasteiger partial charge in [0.25, 0.3) is 0 Å². The fourth-order valence-corrected chi connectivity index (χ4v) is 7.87. The van der Waals surface area contributed by atoms with Gasteiger partial charge in [0.05, 0.1) is 6.04 Å². The smallest absolute Gasteiger partial charge is 0.164 e. The topological polar surface area (TPSA) is 77.0 Å². The van der Waals surface area contributed by atoms with E-state index in [1.165, 1.54) is 5.39 Å². The van der Waals surface area contributed by atoms with Gasteiger partial charge in [0.1, 0.15) is 22.5 Å². The lowest BCUT2D eigenvalue weighted by molar-refractivity contribution is 0.582. The van der Waals surface area contributed by atoms with Gasteiger partial charge in [0.15, 0.2) is 17.5 Å². The first-order valence-corrected chi connectivity index (χ1v) is 17.4. The highest BCUT2D eigenvalue weighted by molar-refractivity contribution is 6.12. The fraction of sp³-hybridized carbons (Fsp3) is 0.0217. The van der Waals surface area contributed by atoms with Crippen molar-refractivity contribution in [1.82, 2.24) is 20.3 Å². The molecule has 0 saturated heterocycles. The minimum atomic E-state index is -0.245. The first kappa shape index (κ1) is 28.8. The molecule has 1 aliphatic heterocycles. The van der Waals surface area contributed by atoms with E-state index in [0.29, 0.717) is 17.5 Å². The zero-order valence-electron chi connectivity index (χ0n) is 27.7. The van der Waals surface area contributed by atoms with Crippen molar-refractivity contribution in [1.29, 1.82) is 0 Å². The summed E-state index contributed by atoms with van der Waals surface area (Å²) in [6.45, 7) is 0. The molecule has 6 nitrogen and oxygen atoms in total. The summed E-state index contributed by atoms with van der Waals surface area (Å²) in [5, 5.41) is 11.4. The summed E-state index contributed by atoms with van der Waals surface area (Å²) in [5.74, 6) is 2.61. The molecular weight excluding hydrogens is 641 g/mol. The monoisotopic (exact) mass is 668 g/mol. The molecule has 52 heavy (non-hydrogen) atoms. The van der Waals surface area contributed by atoms with E-state index in [1.54, 1.807) is 0 Å². The molecule has 1 N–H and O–H groups in total. The van der Waals surface area contributed by atoms with Crippen LogP contribution in [0.15, 0.2) is 161 Å². The predicted octanol–water partition coefficient (Wildman–Crippen LogP) is 11.5. The largest absolute Gasteiger partial charge is 0.456 e. The summed E-state index contributed by atoms with van der Waals surface area (Å²) in [6, 6.07) is 49.7. The van der Waals surface area contributed by atoms with Crippen LogP contribution in [0.2, 0.25) is 0 Å². The highest BCUT2D eigenvalue weighted by Gasteiger charge is 2.30. The molecule has 6 heteroatoms. The van der Waals surface area contributed by atoms with Gasteiger partial charge in [0.2, 0.25) is 0 Å². The van der Waals surface area contributed by atoms with E-state index in [2.05, 4.69) is 90.2 Å². The first-order chi connectivity index (χ1) is 25.8. The molecule has 0 bridgehead atoms. The number of hydrogen-bond donors (Lipinski definition) is 1. The molecule has 10 aromatic rings. The fourth-order valence-electron chi connectivity index (χ4n) is 7.87. The van der Waals surface area contributed by atoms with Crippen molar-refractivity contribution >= 4 is 60.5 Å². The number of furan rings is 2. The Kier molecular flexibility index (Phi) is 6.21. The molecule has 1 atom stereocenters. The van der Waals surface area contributed by atoms with Crippen LogP contribution in [0.4, 0.5) is 0 Å². The molecule has 1 aliphatic rings. The van der Waals surface area contributed by atoms with Crippen molar-refractivity contribution in [3.8, 4) is 34.2 Å². The molecule has 3 aromatic heterocycles. The summed E-state index contributed by atoms with van der Waals surface area (Å²) in [6.07, 6.45) is 4.01. The predicted molar refractivity (Wildman–Crippen MR) is 209 cm³/mol. The summed E-state index contributed by atoms with van der Waals surface area (Å²) in [4.78, 5) is 15.7. The minimum Gasteiger partial charge on any atom is -0.456 e. The third-order valence-corrected chi connectivity index (χ3v) is 10.2. The van der Waals surface area contributed by atoms with Crippen LogP contribution in [-0.4, -0.2) is 15.0 Å². The van der Waals surface area contributed by atoms with Crippen molar-refractivity contribution in [3.63, 3.8) is 0 Å². The Hall–Kier alpha value is -7.05. The minimum absolute atomic E-state index is 0.245. The van der Waals surface area contributed by atoms with E-state index >= 15 is 0 Å². The third kappa shape index (κ3) is 4.41. The molecule has 0 fully saturated rings. The Balaban J connectivity index is 1.20. The summed E-state index contributed by atoms with van der Waals surface area (Å²) in [5.41, 5.74) is 7.35. The zero-order valence-corrected chi connectivity index (χ0v) is 27.7. The van der Waals surface area contributed by atoms with Gasteiger partial charge >= 0.3 is 0 Å². The highest BCUT2D eigenvalue weighted by atomic mass is 16.3. The molecule has 4 heterocycles. The maximum Gasteiger partial charge on any atom is 0.164 e. The summed E-state index contributed by atoms with van der Waals surface area (Å²) >= 11 is 0. The lowest BCUT2D eigenvalue weighted by Gasteiger charge is -2.25. The van der Waals surface area contributed by atoms with Crippen LogP contribution in [0.25, 0.3) is 94.7 Å². The van der Waals surface area contributed by atoms with E-state index in [0.717, 1.165) is 82.6 Å². The molecular formula is C46H28N4O2. The number of hydrogen-bond acceptors (Lipinski definition) is 6. The number of rotatable bonds is 4. The maximum absolute atomic E-state index is 6.55. The van der Waals surface area contributed by atoms with Gasteiger partial charge < -0.3 is 14.2 Å². The summed E-state index contributed by atoms with van der Waals surface area (Å²) in [7, 11) is 0. The molecule has 0 saturated carbocycles. The number of nitrogens with one attached hydrogen (secondary N) is 1. The van der Waals surface area contributed by atoms with E-state index in [1.807, 2.05) is 72.9 Å². The molecule has 0 amide bonds. The number of aromatic nitrogens is 3. The average molecular weight is 669 g/mol. The lowest BCUT2D eigenvalue weighted by atomic mass is 9.86. The van der Waals surface area contributed by atoms with Crippen LogP contribution < -0.4 is 5.32 Å². The van der Waals surface area contributed by atoms with Crippen molar-refractivity contribution < 1.29 is 8.83 Å². The van der Waals surface area contributed by atoms with Crippen LogP contribution in [0.5, 0.6) is 0 Å². The Labute approximate surface area is 297 Å². The average Bonchev–Trinajstić information content (AvgIpc) is 3.78. The van der Waals surface area contributed by atoms with Crippen LogP contribution in [0.3, 0.4) is 0 Å². The number of fused-ring (bicyclic) bond motifs is 8. The van der Waals surface area contributed by atoms with Crippen molar-refractivity contribution in [3.05, 3.63) is 169 Å². The highest BCUT2D eigenvalue weighted by Crippen LogP contribution is 2.44. The Morgan fingerprint density at radius 3 is 2.02 bits per heavy atom. The number of para-hydroxylation sites is 1. The molecule has 11 rings (SSSR count). The second-order valence-corrected chi connectivity index (χ2v) is 13.2. The van der Waals surface area contributed by atoms with Crippen LogP contribution in [0, 0.1) is 0 Å². The first-order valence-electron chi connectivity index (χ1n) is 17.4. The van der Waals surface area contributed by atoms with Crippen LogP contribution in [0.1, 0.15) is 22.9 Å². The standard InChI is InChI=1S/C46H28N4O2/c1-2-12-28(13-3-1)44-48-45(33-18-10-20-37-40(33)32-17-8-9-19-36(32)51-37)50-46(49-44)34-22-21-27-11-6-7-16-31(27)41(34)43-42-35-25-29-14-4-5-15-30(29)26-39(35)52-38(42)23-24-47-43/h1-26,43,47H. The molecule has 0 radical (unpaired) electrons. The summed E-state index contributed by atoms with van der Waals surface area (Å²) < 4.78 is 12.8. The normalized spacial score (nSPS) is 14.0. The van der Waals surface area contributed by atoms with Gasteiger partial charge in [0, 0.05) is 44.6 Å². The second-order valence-electron chi connectivity index (χ2n) is 13.2. The van der Waals surface area contributed by atoms with Gasteiger partial charge in [-0.15, -0.1) is 0 Å². The van der Waals surface area contributed by atoms with E-state index in [4.69, 9.17) is 23.8 Å². The molecule has 0 aliphatic carbocycles. The van der Waals surface area contributed by atoms with Gasteiger partial charge in [-0.2, -0.15) is 0 Å². The van der Waals surface area contributed by atoms with Gasteiger partial charge in [-0.05, 0) is 57.4 Å². The Morgan fingerprint density at radius 2 is 1.15 bits per heavy atom. The quantitative estimate of drug-likeness (QED) is 0.201. The lowest BCUT2D eigenvalue weighted by Crippen LogP contribution is -2.21. The van der Waals surface area contributed by atoms with Gasteiger partial charge in [-0.25, -0.2) is 15.0 Å². The Morgan fingerprint density at radius 1 is 0.462 bits per heavy atom. The molecule has 1 unspecified atom stereocenters. The van der Waals surface area contributed by atoms with E-state index < -0.39 is 0 Å². The Bertz CT molecular complexity index is 3070. The van der Waals surface area contributed by atoms with Crippen molar-refractivity contribution in [2.75, 3.05) is 0 Å². The maximum atomic E-state index is 6.55. The number of nitrogens with zero attached hydrogens (tertiary/aromatic N) is 3. The van der Waals surface area contributed by atoms with Crippen LogP contribution in [-0.2, 0) is 0 Å². The van der Waals surface area contributed by atoms with Crippen molar-refractivity contribution in [2.45, 2.75) is 6.04 Å². The van der Waals surface area contributed by atoms with Crippen molar-refractivity contribution in [2.24, 2.45) is 0 Å². The molecule has 7 aromatic carbocycles. The second kappa shape index (κ2) is 11.2. The zero-order chi connectivity index (χ0) is 34.2. The van der Waals surface area contributed by atoms with Gasteiger partial charge in [-0.3, -0.25) is 0 Å². The van der Waals surface area contributed by atoms with Gasteiger partial charge in [-0.1, -0.05) is 121 Å². The third-order valence-electron chi connectivity index (χ3n) is 10.2. The van der Waals surface area contributed by atoms with Crippen LogP contribution >= 0.6 is 0 Å². The SMILES string of the molecule is C1=Cc2oc3cc4ccccc4cc3c2C(c2c(-c3nc(-c4ccccc4)nc(-c4cccc5oc6ccccc6c45)n3)ccc3ccccc23)N1. The number of benzene rings is 7.